The monoisotopic (exact) mass is 378 g/mol. The first-order valence-corrected chi connectivity index (χ1v) is 10.8. The number of benzene rings is 1. The molecular weight excluding hydrogens is 348 g/mol. The first-order chi connectivity index (χ1) is 13.8. The van der Waals surface area contributed by atoms with Crippen LogP contribution < -0.4 is 15.1 Å². The van der Waals surface area contributed by atoms with Gasteiger partial charge in [0.05, 0.1) is 13.2 Å². The second-order valence-electron chi connectivity index (χ2n) is 8.29. The number of rotatable bonds is 5. The van der Waals surface area contributed by atoms with E-state index in [0.717, 1.165) is 51.1 Å². The molecule has 3 heterocycles. The first kappa shape index (κ1) is 17.8. The van der Waals surface area contributed by atoms with Crippen molar-refractivity contribution in [1.29, 1.82) is 0 Å². The molecule has 1 aromatic heterocycles. The fourth-order valence-corrected chi connectivity index (χ4v) is 4.43. The maximum atomic E-state index is 5.47. The normalized spacial score (nSPS) is 22.9. The summed E-state index contributed by atoms with van der Waals surface area (Å²) in [6, 6.07) is 14.0. The molecule has 1 aliphatic carbocycles. The van der Waals surface area contributed by atoms with E-state index in [4.69, 9.17) is 4.74 Å². The van der Waals surface area contributed by atoms with Gasteiger partial charge in [0.2, 0.25) is 0 Å². The maximum absolute atomic E-state index is 5.47. The molecule has 0 unspecified atom stereocenters. The zero-order valence-electron chi connectivity index (χ0n) is 16.5. The van der Waals surface area contributed by atoms with E-state index in [1.54, 1.807) is 0 Å². The van der Waals surface area contributed by atoms with Crippen molar-refractivity contribution in [2.24, 2.45) is 0 Å². The Morgan fingerprint density at radius 2 is 1.71 bits per heavy atom. The van der Waals surface area contributed by atoms with Gasteiger partial charge in [-0.1, -0.05) is 12.1 Å². The topological polar surface area (TPSA) is 40.6 Å². The lowest BCUT2D eigenvalue weighted by Gasteiger charge is -2.35. The number of hydrogen-bond acceptors (Lipinski definition) is 5. The van der Waals surface area contributed by atoms with Crippen molar-refractivity contribution >= 4 is 17.2 Å². The van der Waals surface area contributed by atoms with E-state index >= 15 is 0 Å². The molecule has 5 nitrogen and oxygen atoms in total. The number of aromatic nitrogens is 1. The van der Waals surface area contributed by atoms with Gasteiger partial charge < -0.3 is 19.9 Å². The molecule has 148 valence electrons. The standard InChI is InChI=1S/C23H30N4O/c1-2-20(17-27(11-1)21-7-5-19(6-8-21)18-3-4-18)25-23-16-22(9-10-24-23)26-12-14-28-15-13-26/h5-10,16,18,20H,1-4,11-15,17H2,(H,24,25)/t20-/m1/s1. The van der Waals surface area contributed by atoms with Crippen LogP contribution in [0.3, 0.4) is 0 Å². The molecule has 2 aliphatic heterocycles. The number of pyridine rings is 1. The second-order valence-corrected chi connectivity index (χ2v) is 8.29. The van der Waals surface area contributed by atoms with Crippen molar-refractivity contribution in [3.05, 3.63) is 48.2 Å². The van der Waals surface area contributed by atoms with Gasteiger partial charge in [-0.05, 0) is 55.4 Å². The lowest BCUT2D eigenvalue weighted by Crippen LogP contribution is -2.42. The zero-order chi connectivity index (χ0) is 18.8. The first-order valence-electron chi connectivity index (χ1n) is 10.8. The summed E-state index contributed by atoms with van der Waals surface area (Å²) < 4.78 is 5.47. The Balaban J connectivity index is 1.23. The number of morpholine rings is 1. The lowest BCUT2D eigenvalue weighted by atomic mass is 10.0. The lowest BCUT2D eigenvalue weighted by molar-refractivity contribution is 0.122. The fourth-order valence-electron chi connectivity index (χ4n) is 4.43. The molecule has 1 atom stereocenters. The molecule has 1 saturated carbocycles. The Kier molecular flexibility index (Phi) is 5.08. The Hall–Kier alpha value is -2.27. The number of nitrogens with zero attached hydrogens (tertiary/aromatic N) is 3. The average molecular weight is 379 g/mol. The number of anilines is 3. The van der Waals surface area contributed by atoms with Crippen LogP contribution in [0.15, 0.2) is 42.6 Å². The second kappa shape index (κ2) is 8.00. The molecule has 0 spiro atoms. The highest BCUT2D eigenvalue weighted by Crippen LogP contribution is 2.40. The van der Waals surface area contributed by atoms with E-state index in [1.807, 2.05) is 6.20 Å². The molecule has 0 amide bonds. The van der Waals surface area contributed by atoms with E-state index in [9.17, 15) is 0 Å². The highest BCUT2D eigenvalue weighted by molar-refractivity contribution is 5.55. The molecule has 28 heavy (non-hydrogen) atoms. The number of nitrogens with one attached hydrogen (secondary N) is 1. The van der Waals surface area contributed by atoms with E-state index in [0.29, 0.717) is 6.04 Å². The third-order valence-electron chi connectivity index (χ3n) is 6.20. The van der Waals surface area contributed by atoms with Gasteiger partial charge in [0.1, 0.15) is 5.82 Å². The van der Waals surface area contributed by atoms with Crippen molar-refractivity contribution in [1.82, 2.24) is 4.98 Å². The third-order valence-corrected chi connectivity index (χ3v) is 6.20. The fraction of sp³-hybridized carbons (Fsp3) is 0.522. The molecule has 3 aliphatic rings. The summed E-state index contributed by atoms with van der Waals surface area (Å²) in [6.07, 6.45) is 7.06. The molecule has 3 fully saturated rings. The Labute approximate surface area is 167 Å². The van der Waals surface area contributed by atoms with E-state index in [1.165, 1.54) is 42.6 Å². The van der Waals surface area contributed by atoms with Crippen LogP contribution in [0.4, 0.5) is 17.2 Å². The maximum Gasteiger partial charge on any atom is 0.128 e. The molecule has 5 rings (SSSR count). The van der Waals surface area contributed by atoms with Gasteiger partial charge in [0.25, 0.3) is 0 Å². The van der Waals surface area contributed by atoms with Gasteiger partial charge in [0.15, 0.2) is 0 Å². The summed E-state index contributed by atoms with van der Waals surface area (Å²) in [5.74, 6) is 1.81. The van der Waals surface area contributed by atoms with Crippen LogP contribution in [0.25, 0.3) is 0 Å². The molecule has 2 saturated heterocycles. The average Bonchev–Trinajstić information content (AvgIpc) is 3.61. The van der Waals surface area contributed by atoms with Crippen LogP contribution >= 0.6 is 0 Å². The van der Waals surface area contributed by atoms with E-state index < -0.39 is 0 Å². The van der Waals surface area contributed by atoms with Crippen LogP contribution in [0, 0.1) is 0 Å². The van der Waals surface area contributed by atoms with Gasteiger partial charge in [-0.3, -0.25) is 0 Å². The van der Waals surface area contributed by atoms with Gasteiger partial charge in [-0.25, -0.2) is 4.98 Å². The molecule has 0 bridgehead atoms. The third kappa shape index (κ3) is 4.09. The SMILES string of the molecule is c1cc(N2CCOCC2)cc(N[C@@H]2CCCN(c3ccc(C4CC4)cc3)C2)n1. The van der Waals surface area contributed by atoms with Gasteiger partial charge in [-0.15, -0.1) is 0 Å². The molecule has 0 radical (unpaired) electrons. The van der Waals surface area contributed by atoms with Crippen molar-refractivity contribution in [3.63, 3.8) is 0 Å². The minimum atomic E-state index is 0.435. The van der Waals surface area contributed by atoms with E-state index in [2.05, 4.69) is 56.5 Å². The summed E-state index contributed by atoms with van der Waals surface area (Å²) in [5, 5.41) is 3.69. The summed E-state index contributed by atoms with van der Waals surface area (Å²) in [7, 11) is 0. The van der Waals surface area contributed by atoms with Crippen LogP contribution in [0.5, 0.6) is 0 Å². The van der Waals surface area contributed by atoms with Crippen LogP contribution in [-0.4, -0.2) is 50.4 Å². The van der Waals surface area contributed by atoms with E-state index in [-0.39, 0.29) is 0 Å². The van der Waals surface area contributed by atoms with Crippen molar-refractivity contribution in [2.45, 2.75) is 37.6 Å². The van der Waals surface area contributed by atoms with Crippen LogP contribution in [0.2, 0.25) is 0 Å². The zero-order valence-corrected chi connectivity index (χ0v) is 16.5. The minimum absolute atomic E-state index is 0.435. The molecule has 1 N–H and O–H groups in total. The molecule has 5 heteroatoms. The summed E-state index contributed by atoms with van der Waals surface area (Å²) in [6.45, 7) is 5.70. The number of ether oxygens (including phenoxy) is 1. The molecule has 1 aromatic carbocycles. The Morgan fingerprint density at radius 3 is 2.50 bits per heavy atom. The smallest absolute Gasteiger partial charge is 0.128 e. The molecular formula is C23H30N4O. The summed E-state index contributed by atoms with van der Waals surface area (Å²) in [5.41, 5.74) is 4.11. The predicted molar refractivity (Wildman–Crippen MR) is 115 cm³/mol. The molecule has 2 aromatic rings. The van der Waals surface area contributed by atoms with Gasteiger partial charge in [0, 0.05) is 55.9 Å². The quantitative estimate of drug-likeness (QED) is 0.855. The van der Waals surface area contributed by atoms with Crippen LogP contribution in [0.1, 0.15) is 37.2 Å². The summed E-state index contributed by atoms with van der Waals surface area (Å²) >= 11 is 0. The van der Waals surface area contributed by atoms with Crippen LogP contribution in [-0.2, 0) is 4.74 Å². The van der Waals surface area contributed by atoms with Crippen molar-refractivity contribution < 1.29 is 4.74 Å². The van der Waals surface area contributed by atoms with Gasteiger partial charge in [-0.2, -0.15) is 0 Å². The predicted octanol–water partition coefficient (Wildman–Crippen LogP) is 3.88. The number of piperidine rings is 1. The highest BCUT2D eigenvalue weighted by atomic mass is 16.5. The minimum Gasteiger partial charge on any atom is -0.378 e. The largest absolute Gasteiger partial charge is 0.378 e. The Morgan fingerprint density at radius 1 is 0.893 bits per heavy atom. The highest BCUT2D eigenvalue weighted by Gasteiger charge is 2.24. The van der Waals surface area contributed by atoms with Crippen molar-refractivity contribution in [3.8, 4) is 0 Å². The number of hydrogen-bond donors (Lipinski definition) is 1. The summed E-state index contributed by atoms with van der Waals surface area (Å²) in [4.78, 5) is 9.47. The van der Waals surface area contributed by atoms with Crippen molar-refractivity contribution in [2.75, 3.05) is 54.5 Å². The van der Waals surface area contributed by atoms with Gasteiger partial charge >= 0.3 is 0 Å². The Bertz CT molecular complexity index is 783.